The summed E-state index contributed by atoms with van der Waals surface area (Å²) in [5, 5.41) is 1.55. The van der Waals surface area contributed by atoms with Crippen LogP contribution in [0.5, 0.6) is 0 Å². The van der Waals surface area contributed by atoms with Crippen LogP contribution in [0.1, 0.15) is 5.56 Å². The monoisotopic (exact) mass is 350 g/mol. The third-order valence-electron chi connectivity index (χ3n) is 5.23. The van der Waals surface area contributed by atoms with Crippen molar-refractivity contribution in [2.75, 3.05) is 0 Å². The van der Waals surface area contributed by atoms with E-state index >= 15 is 0 Å². The van der Waals surface area contributed by atoms with Gasteiger partial charge in [-0.1, -0.05) is 36.4 Å². The first-order valence-electron chi connectivity index (χ1n) is 8.84. The van der Waals surface area contributed by atoms with E-state index < -0.39 is 0 Å². The van der Waals surface area contributed by atoms with Crippen molar-refractivity contribution in [3.05, 3.63) is 82.6 Å². The summed E-state index contributed by atoms with van der Waals surface area (Å²) in [5.74, 6) is 0.587. The van der Waals surface area contributed by atoms with Gasteiger partial charge in [0.15, 0.2) is 0 Å². The number of aryl methyl sites for hydroxylation is 1. The average Bonchev–Trinajstić information content (AvgIpc) is 3.09. The highest BCUT2D eigenvalue weighted by Gasteiger charge is 2.17. The Morgan fingerprint density at radius 2 is 1.48 bits per heavy atom. The minimum absolute atomic E-state index is 0.0606. The first-order valence-corrected chi connectivity index (χ1v) is 8.84. The molecule has 0 saturated carbocycles. The van der Waals surface area contributed by atoms with E-state index in [0.29, 0.717) is 11.2 Å². The topological polar surface area (TPSA) is 51.7 Å². The highest BCUT2D eigenvalue weighted by Crippen LogP contribution is 2.26. The molecule has 0 spiro atoms. The van der Waals surface area contributed by atoms with E-state index in [-0.39, 0.29) is 5.56 Å². The first kappa shape index (κ1) is 14.4. The van der Waals surface area contributed by atoms with Gasteiger partial charge in [-0.2, -0.15) is 0 Å². The smallest absolute Gasteiger partial charge is 0.267 e. The molecule has 0 fully saturated rings. The van der Waals surface area contributed by atoms with Crippen molar-refractivity contribution < 1.29 is 0 Å². The summed E-state index contributed by atoms with van der Waals surface area (Å²) < 4.78 is 3.70. The number of hydrogen-bond acceptors (Lipinski definition) is 3. The van der Waals surface area contributed by atoms with E-state index in [9.17, 15) is 4.79 Å². The molecule has 0 aliphatic heterocycles. The van der Waals surface area contributed by atoms with Crippen molar-refractivity contribution in [1.29, 1.82) is 0 Å². The van der Waals surface area contributed by atoms with Gasteiger partial charge in [0.25, 0.3) is 5.56 Å². The van der Waals surface area contributed by atoms with E-state index in [0.717, 1.165) is 38.7 Å². The summed E-state index contributed by atoms with van der Waals surface area (Å²) in [6.45, 7) is 1.98. The second-order valence-electron chi connectivity index (χ2n) is 6.80. The number of benzene rings is 3. The summed E-state index contributed by atoms with van der Waals surface area (Å²) in [4.78, 5) is 23.2. The minimum Gasteiger partial charge on any atom is -0.268 e. The molecule has 3 heterocycles. The molecule has 0 radical (unpaired) electrons. The second-order valence-corrected chi connectivity index (χ2v) is 6.80. The molecule has 0 unspecified atom stereocenters. The van der Waals surface area contributed by atoms with Crippen LogP contribution in [-0.4, -0.2) is 18.8 Å². The highest BCUT2D eigenvalue weighted by molar-refractivity contribution is 5.99. The number of para-hydroxylation sites is 4. The molecule has 0 amide bonds. The molecule has 0 atom stereocenters. The lowest BCUT2D eigenvalue weighted by atomic mass is 10.1. The Hall–Kier alpha value is -3.73. The zero-order chi connectivity index (χ0) is 18.1. The number of imidazole rings is 1. The van der Waals surface area contributed by atoms with Crippen molar-refractivity contribution >= 4 is 44.3 Å². The normalized spacial score (nSPS) is 12.0. The van der Waals surface area contributed by atoms with Crippen LogP contribution in [0.25, 0.3) is 44.3 Å². The van der Waals surface area contributed by atoms with Crippen LogP contribution in [0.4, 0.5) is 0 Å². The fourth-order valence-electron chi connectivity index (χ4n) is 3.98. The van der Waals surface area contributed by atoms with Crippen LogP contribution >= 0.6 is 0 Å². The van der Waals surface area contributed by atoms with Crippen molar-refractivity contribution in [3.63, 3.8) is 0 Å². The molecule has 6 rings (SSSR count). The molecular weight excluding hydrogens is 336 g/mol. The summed E-state index contributed by atoms with van der Waals surface area (Å²) in [5.41, 5.74) is 5.11. The van der Waals surface area contributed by atoms with E-state index in [1.165, 1.54) is 0 Å². The Bertz CT molecular complexity index is 1610. The van der Waals surface area contributed by atoms with Gasteiger partial charge in [0, 0.05) is 5.39 Å². The molecule has 0 bridgehead atoms. The molecule has 3 aromatic heterocycles. The van der Waals surface area contributed by atoms with Crippen LogP contribution in [0.2, 0.25) is 0 Å². The van der Waals surface area contributed by atoms with E-state index in [2.05, 4.69) is 0 Å². The standard InChI is InChI=1S/C22H14N4O/c1-13-7-6-9-15-19(13)24-22-25-18-12-5-3-10-16(18)23-20(25)14-8-2-4-11-17(14)26(22)21(15)27/h2-12H,1H3. The molecule has 27 heavy (non-hydrogen) atoms. The lowest BCUT2D eigenvalue weighted by molar-refractivity contribution is 1.04. The number of hydrogen-bond donors (Lipinski definition) is 0. The van der Waals surface area contributed by atoms with E-state index in [1.807, 2.05) is 78.1 Å². The fraction of sp³-hybridized carbons (Fsp3) is 0.0455. The van der Waals surface area contributed by atoms with Crippen LogP contribution in [0, 0.1) is 6.92 Å². The van der Waals surface area contributed by atoms with Crippen molar-refractivity contribution in [3.8, 4) is 0 Å². The zero-order valence-corrected chi connectivity index (χ0v) is 14.5. The first-order chi connectivity index (χ1) is 13.2. The van der Waals surface area contributed by atoms with Gasteiger partial charge in [-0.25, -0.2) is 14.4 Å². The van der Waals surface area contributed by atoms with Crippen LogP contribution < -0.4 is 5.56 Å². The van der Waals surface area contributed by atoms with Crippen LogP contribution in [0.15, 0.2) is 71.5 Å². The van der Waals surface area contributed by atoms with Gasteiger partial charge in [-0.3, -0.25) is 9.20 Å². The summed E-state index contributed by atoms with van der Waals surface area (Å²) in [7, 11) is 0. The summed E-state index contributed by atoms with van der Waals surface area (Å²) in [6, 6.07) is 21.5. The van der Waals surface area contributed by atoms with Gasteiger partial charge >= 0.3 is 0 Å². The molecular formula is C22H14N4O. The van der Waals surface area contributed by atoms with E-state index in [1.54, 1.807) is 4.40 Å². The van der Waals surface area contributed by atoms with Crippen molar-refractivity contribution in [2.45, 2.75) is 6.92 Å². The maximum Gasteiger partial charge on any atom is 0.267 e. The Balaban J connectivity index is 2.08. The van der Waals surface area contributed by atoms with Crippen molar-refractivity contribution in [1.82, 2.24) is 18.8 Å². The summed E-state index contributed by atoms with van der Waals surface area (Å²) >= 11 is 0. The third-order valence-corrected chi connectivity index (χ3v) is 5.23. The summed E-state index contributed by atoms with van der Waals surface area (Å²) in [6.07, 6.45) is 0. The maximum absolute atomic E-state index is 13.4. The van der Waals surface area contributed by atoms with Gasteiger partial charge in [-0.05, 0) is 42.8 Å². The number of aromatic nitrogens is 4. The van der Waals surface area contributed by atoms with Gasteiger partial charge in [0.2, 0.25) is 5.78 Å². The zero-order valence-electron chi connectivity index (χ0n) is 14.5. The number of nitrogens with zero attached hydrogens (tertiary/aromatic N) is 4. The van der Waals surface area contributed by atoms with Crippen LogP contribution in [0.3, 0.4) is 0 Å². The maximum atomic E-state index is 13.4. The molecule has 3 aromatic carbocycles. The van der Waals surface area contributed by atoms with Crippen molar-refractivity contribution in [2.24, 2.45) is 0 Å². The second kappa shape index (κ2) is 4.92. The molecule has 0 N–H and O–H groups in total. The molecule has 0 aliphatic rings. The Morgan fingerprint density at radius 1 is 0.741 bits per heavy atom. The third kappa shape index (κ3) is 1.75. The predicted octanol–water partition coefficient (Wildman–Crippen LogP) is 4.11. The molecule has 5 heteroatoms. The largest absolute Gasteiger partial charge is 0.268 e. The fourth-order valence-corrected chi connectivity index (χ4v) is 3.98. The minimum atomic E-state index is -0.0606. The van der Waals surface area contributed by atoms with Gasteiger partial charge in [0.1, 0.15) is 5.65 Å². The molecule has 128 valence electrons. The Morgan fingerprint density at radius 3 is 2.37 bits per heavy atom. The number of fused-ring (bicyclic) bond motifs is 9. The number of rotatable bonds is 0. The Labute approximate surface area is 153 Å². The van der Waals surface area contributed by atoms with Gasteiger partial charge in [-0.15, -0.1) is 0 Å². The lowest BCUT2D eigenvalue weighted by Crippen LogP contribution is -2.19. The highest BCUT2D eigenvalue weighted by atomic mass is 16.1. The Kier molecular flexibility index (Phi) is 2.63. The molecule has 6 aromatic rings. The van der Waals surface area contributed by atoms with Gasteiger partial charge in [0.05, 0.1) is 27.5 Å². The van der Waals surface area contributed by atoms with E-state index in [4.69, 9.17) is 9.97 Å². The molecule has 5 nitrogen and oxygen atoms in total. The SMILES string of the molecule is Cc1cccc2c(=O)n3c4ccccc4c4nc5ccccc5n4c3nc12. The molecule has 0 saturated heterocycles. The van der Waals surface area contributed by atoms with Crippen LogP contribution in [-0.2, 0) is 0 Å². The average molecular weight is 350 g/mol. The predicted molar refractivity (Wildman–Crippen MR) is 107 cm³/mol. The lowest BCUT2D eigenvalue weighted by Gasteiger charge is -2.11. The molecule has 0 aliphatic carbocycles. The van der Waals surface area contributed by atoms with Gasteiger partial charge < -0.3 is 0 Å². The quantitative estimate of drug-likeness (QED) is 0.306.